The van der Waals surface area contributed by atoms with Gasteiger partial charge in [-0.3, -0.25) is 4.79 Å². The van der Waals surface area contributed by atoms with Crippen molar-refractivity contribution >= 4 is 11.6 Å². The molecule has 0 unspecified atom stereocenters. The molecular weight excluding hydrogens is 350 g/mol. The van der Waals surface area contributed by atoms with E-state index >= 15 is 0 Å². The lowest BCUT2D eigenvalue weighted by atomic mass is 9.92. The molecule has 0 aromatic heterocycles. The highest BCUT2D eigenvalue weighted by Gasteiger charge is 2.22. The molecule has 0 saturated carbocycles. The third kappa shape index (κ3) is 6.08. The number of anilines is 1. The second kappa shape index (κ2) is 10.2. The maximum atomic E-state index is 12.3. The molecule has 3 N–H and O–H groups in total. The van der Waals surface area contributed by atoms with Crippen LogP contribution in [0.3, 0.4) is 0 Å². The Bertz CT molecular complexity index is 725. The standard InChI is InChI=1S/C23H31N3O2/c1-28-21-9-7-20(8-10-21)25-23(27)17-18-11-14-26(15-12-18)16-13-22(24)19-5-3-2-4-6-19/h2-10,18,22H,11-17,24H2,1H3,(H,25,27)/t22-/m0/s1. The van der Waals surface area contributed by atoms with Crippen molar-refractivity contribution in [3.05, 3.63) is 60.2 Å². The molecule has 5 nitrogen and oxygen atoms in total. The molecular formula is C23H31N3O2. The molecule has 1 aliphatic heterocycles. The first-order chi connectivity index (χ1) is 13.6. The summed E-state index contributed by atoms with van der Waals surface area (Å²) in [7, 11) is 1.63. The number of nitrogens with zero attached hydrogens (tertiary/aromatic N) is 1. The van der Waals surface area contributed by atoms with Crippen molar-refractivity contribution in [2.45, 2.75) is 31.7 Å². The van der Waals surface area contributed by atoms with Crippen LogP contribution in [0.1, 0.15) is 37.3 Å². The molecule has 2 aromatic carbocycles. The fourth-order valence-corrected chi connectivity index (χ4v) is 3.75. The molecule has 1 saturated heterocycles. The van der Waals surface area contributed by atoms with Gasteiger partial charge in [0.25, 0.3) is 0 Å². The molecule has 0 spiro atoms. The van der Waals surface area contributed by atoms with E-state index in [2.05, 4.69) is 22.3 Å². The van der Waals surface area contributed by atoms with Crippen LogP contribution < -0.4 is 15.8 Å². The molecule has 1 aliphatic rings. The Kier molecular flexibility index (Phi) is 7.46. The summed E-state index contributed by atoms with van der Waals surface area (Å²) in [6, 6.07) is 17.8. The Hall–Kier alpha value is -2.37. The topological polar surface area (TPSA) is 67.6 Å². The number of rotatable bonds is 8. The summed E-state index contributed by atoms with van der Waals surface area (Å²) in [5.74, 6) is 1.34. The molecule has 1 amide bonds. The predicted molar refractivity (Wildman–Crippen MR) is 113 cm³/mol. The molecule has 28 heavy (non-hydrogen) atoms. The van der Waals surface area contributed by atoms with Gasteiger partial charge < -0.3 is 20.7 Å². The average Bonchev–Trinajstić information content (AvgIpc) is 2.74. The number of amides is 1. The highest BCUT2D eigenvalue weighted by atomic mass is 16.5. The van der Waals surface area contributed by atoms with Gasteiger partial charge in [-0.05, 0) is 74.6 Å². The van der Waals surface area contributed by atoms with Gasteiger partial charge in [0.15, 0.2) is 0 Å². The number of methoxy groups -OCH3 is 1. The van der Waals surface area contributed by atoms with Gasteiger partial charge >= 0.3 is 0 Å². The SMILES string of the molecule is COc1ccc(NC(=O)CC2CCN(CC[C@H](N)c3ccccc3)CC2)cc1. The summed E-state index contributed by atoms with van der Waals surface area (Å²) >= 11 is 0. The zero-order valence-corrected chi connectivity index (χ0v) is 16.6. The van der Waals surface area contributed by atoms with E-state index in [1.54, 1.807) is 7.11 Å². The highest BCUT2D eigenvalue weighted by Crippen LogP contribution is 2.23. The number of benzene rings is 2. The van der Waals surface area contributed by atoms with Gasteiger partial charge in [0.1, 0.15) is 5.75 Å². The largest absolute Gasteiger partial charge is 0.497 e. The lowest BCUT2D eigenvalue weighted by Crippen LogP contribution is -2.36. The van der Waals surface area contributed by atoms with E-state index in [1.165, 1.54) is 5.56 Å². The smallest absolute Gasteiger partial charge is 0.224 e. The average molecular weight is 382 g/mol. The van der Waals surface area contributed by atoms with E-state index < -0.39 is 0 Å². The summed E-state index contributed by atoms with van der Waals surface area (Å²) in [5, 5.41) is 2.99. The molecule has 5 heteroatoms. The van der Waals surface area contributed by atoms with Crippen molar-refractivity contribution in [2.24, 2.45) is 11.7 Å². The molecule has 0 radical (unpaired) electrons. The van der Waals surface area contributed by atoms with Gasteiger partial charge in [0.05, 0.1) is 7.11 Å². The summed E-state index contributed by atoms with van der Waals surface area (Å²) < 4.78 is 5.14. The third-order valence-corrected chi connectivity index (χ3v) is 5.54. The van der Waals surface area contributed by atoms with Crippen LogP contribution in [-0.4, -0.2) is 37.6 Å². The van der Waals surface area contributed by atoms with E-state index in [0.29, 0.717) is 12.3 Å². The summed E-state index contributed by atoms with van der Waals surface area (Å²) in [4.78, 5) is 14.8. The highest BCUT2D eigenvalue weighted by molar-refractivity contribution is 5.90. The van der Waals surface area contributed by atoms with Crippen LogP contribution in [0.4, 0.5) is 5.69 Å². The van der Waals surface area contributed by atoms with Crippen molar-refractivity contribution in [1.29, 1.82) is 0 Å². The molecule has 150 valence electrons. The van der Waals surface area contributed by atoms with Crippen molar-refractivity contribution in [2.75, 3.05) is 32.1 Å². The second-order valence-corrected chi connectivity index (χ2v) is 7.57. The van der Waals surface area contributed by atoms with Crippen molar-refractivity contribution in [3.63, 3.8) is 0 Å². The second-order valence-electron chi connectivity index (χ2n) is 7.57. The van der Waals surface area contributed by atoms with E-state index in [1.807, 2.05) is 42.5 Å². The number of carbonyl (C=O) groups excluding carboxylic acids is 1. The zero-order valence-electron chi connectivity index (χ0n) is 16.6. The van der Waals surface area contributed by atoms with Crippen LogP contribution >= 0.6 is 0 Å². The Morgan fingerprint density at radius 2 is 1.82 bits per heavy atom. The third-order valence-electron chi connectivity index (χ3n) is 5.54. The van der Waals surface area contributed by atoms with Crippen LogP contribution in [0.15, 0.2) is 54.6 Å². The number of ether oxygens (including phenoxy) is 1. The van der Waals surface area contributed by atoms with Crippen molar-refractivity contribution in [1.82, 2.24) is 4.90 Å². The normalized spacial score (nSPS) is 16.5. The Morgan fingerprint density at radius 1 is 1.14 bits per heavy atom. The molecule has 3 rings (SSSR count). The van der Waals surface area contributed by atoms with E-state index in [0.717, 1.165) is 50.3 Å². The fourth-order valence-electron chi connectivity index (χ4n) is 3.75. The van der Waals surface area contributed by atoms with Gasteiger partial charge in [-0.25, -0.2) is 0 Å². The Morgan fingerprint density at radius 3 is 2.46 bits per heavy atom. The number of hydrogen-bond acceptors (Lipinski definition) is 4. The summed E-state index contributed by atoms with van der Waals surface area (Å²) in [6.45, 7) is 3.10. The number of carbonyl (C=O) groups is 1. The maximum Gasteiger partial charge on any atom is 0.224 e. The number of nitrogens with one attached hydrogen (secondary N) is 1. The van der Waals surface area contributed by atoms with Crippen molar-refractivity contribution < 1.29 is 9.53 Å². The predicted octanol–water partition coefficient (Wildman–Crippen LogP) is 3.83. The van der Waals surface area contributed by atoms with Crippen molar-refractivity contribution in [3.8, 4) is 5.75 Å². The Labute approximate surface area is 167 Å². The van der Waals surface area contributed by atoms with Crippen LogP contribution in [0.25, 0.3) is 0 Å². The van der Waals surface area contributed by atoms with E-state index in [4.69, 9.17) is 10.5 Å². The van der Waals surface area contributed by atoms with Crippen LogP contribution in [-0.2, 0) is 4.79 Å². The van der Waals surface area contributed by atoms with Gasteiger partial charge in [0, 0.05) is 18.2 Å². The van der Waals surface area contributed by atoms with E-state index in [-0.39, 0.29) is 11.9 Å². The fraction of sp³-hybridized carbons (Fsp3) is 0.435. The van der Waals surface area contributed by atoms with Crippen LogP contribution in [0, 0.1) is 5.92 Å². The minimum atomic E-state index is 0.0918. The Balaban J connectivity index is 1.36. The summed E-state index contributed by atoms with van der Waals surface area (Å²) in [5.41, 5.74) is 8.33. The lowest BCUT2D eigenvalue weighted by molar-refractivity contribution is -0.117. The number of hydrogen-bond donors (Lipinski definition) is 2. The number of piperidine rings is 1. The molecule has 0 bridgehead atoms. The number of nitrogens with two attached hydrogens (primary N) is 1. The van der Waals surface area contributed by atoms with Gasteiger partial charge in [0.2, 0.25) is 5.91 Å². The molecule has 1 heterocycles. The first-order valence-corrected chi connectivity index (χ1v) is 10.1. The van der Waals surface area contributed by atoms with Gasteiger partial charge in [-0.15, -0.1) is 0 Å². The van der Waals surface area contributed by atoms with E-state index in [9.17, 15) is 4.79 Å². The first kappa shape index (κ1) is 20.4. The van der Waals surface area contributed by atoms with Gasteiger partial charge in [-0.1, -0.05) is 30.3 Å². The monoisotopic (exact) mass is 381 g/mol. The molecule has 1 atom stereocenters. The molecule has 1 fully saturated rings. The lowest BCUT2D eigenvalue weighted by Gasteiger charge is -2.32. The van der Waals surface area contributed by atoms with Gasteiger partial charge in [-0.2, -0.15) is 0 Å². The summed E-state index contributed by atoms with van der Waals surface area (Å²) in [6.07, 6.45) is 3.68. The zero-order chi connectivity index (χ0) is 19.8. The molecule has 2 aromatic rings. The maximum absolute atomic E-state index is 12.3. The first-order valence-electron chi connectivity index (χ1n) is 10.1. The minimum Gasteiger partial charge on any atom is -0.497 e. The van der Waals surface area contributed by atoms with Crippen LogP contribution in [0.2, 0.25) is 0 Å². The van der Waals surface area contributed by atoms with Crippen LogP contribution in [0.5, 0.6) is 5.75 Å². The quantitative estimate of drug-likeness (QED) is 0.729. The minimum absolute atomic E-state index is 0.0918. The molecule has 0 aliphatic carbocycles. The number of likely N-dealkylation sites (tertiary alicyclic amines) is 1.